The highest BCUT2D eigenvalue weighted by Gasteiger charge is 2.32. The summed E-state index contributed by atoms with van der Waals surface area (Å²) in [7, 11) is 0. The van der Waals surface area contributed by atoms with Gasteiger partial charge >= 0.3 is 6.18 Å². The Balaban J connectivity index is 1.32. The van der Waals surface area contributed by atoms with Crippen molar-refractivity contribution in [1.82, 2.24) is 5.32 Å². The van der Waals surface area contributed by atoms with Crippen molar-refractivity contribution in [3.63, 3.8) is 0 Å². The van der Waals surface area contributed by atoms with Crippen molar-refractivity contribution in [2.24, 2.45) is 0 Å². The van der Waals surface area contributed by atoms with E-state index < -0.39 is 11.7 Å². The molecule has 1 aliphatic carbocycles. The molecule has 0 unspecified atom stereocenters. The Morgan fingerprint density at radius 1 is 1.03 bits per heavy atom. The Morgan fingerprint density at radius 2 is 1.73 bits per heavy atom. The van der Waals surface area contributed by atoms with Crippen LogP contribution in [0.4, 0.5) is 18.9 Å². The first-order chi connectivity index (χ1) is 15.7. The first-order valence-corrected chi connectivity index (χ1v) is 11.6. The molecule has 0 aromatic heterocycles. The molecule has 2 N–H and O–H groups in total. The van der Waals surface area contributed by atoms with Crippen LogP contribution in [0.15, 0.2) is 42.5 Å². The molecule has 2 aromatic carbocycles. The van der Waals surface area contributed by atoms with E-state index in [1.165, 1.54) is 30.2 Å². The number of amides is 1. The maximum atomic E-state index is 13.1. The van der Waals surface area contributed by atoms with E-state index in [9.17, 15) is 18.0 Å². The Bertz CT molecular complexity index is 905. The van der Waals surface area contributed by atoms with Gasteiger partial charge in [-0.3, -0.25) is 4.79 Å². The number of halogens is 3. The Morgan fingerprint density at radius 3 is 2.39 bits per heavy atom. The van der Waals surface area contributed by atoms with Crippen molar-refractivity contribution in [3.8, 4) is 0 Å². The molecule has 2 aromatic rings. The summed E-state index contributed by atoms with van der Waals surface area (Å²) in [5.41, 5.74) is 2.60. The van der Waals surface area contributed by atoms with E-state index in [1.54, 1.807) is 6.07 Å². The molecule has 1 fully saturated rings. The molecule has 1 aliphatic rings. The molecule has 3 rings (SSSR count). The van der Waals surface area contributed by atoms with Crippen molar-refractivity contribution in [3.05, 3.63) is 64.7 Å². The number of carbonyl (C=O) groups excluding carboxylic acids is 1. The molecule has 33 heavy (non-hydrogen) atoms. The average Bonchev–Trinajstić information content (AvgIpc) is 2.78. The third-order valence-electron chi connectivity index (χ3n) is 6.12. The summed E-state index contributed by atoms with van der Waals surface area (Å²) in [4.78, 5) is 12.0. The maximum absolute atomic E-state index is 13.1. The van der Waals surface area contributed by atoms with Gasteiger partial charge in [-0.05, 0) is 75.6 Å². The van der Waals surface area contributed by atoms with Gasteiger partial charge in [-0.15, -0.1) is 0 Å². The Hall–Kier alpha value is -2.54. The first kappa shape index (κ1) is 25.1. The molecule has 0 saturated heterocycles. The summed E-state index contributed by atoms with van der Waals surface area (Å²) < 4.78 is 45.1. The molecule has 0 spiro atoms. The van der Waals surface area contributed by atoms with Crippen LogP contribution in [0.5, 0.6) is 0 Å². The van der Waals surface area contributed by atoms with Gasteiger partial charge in [-0.1, -0.05) is 35.9 Å². The lowest BCUT2D eigenvalue weighted by Gasteiger charge is -2.30. The molecule has 1 amide bonds. The van der Waals surface area contributed by atoms with Gasteiger partial charge in [-0.2, -0.15) is 13.2 Å². The van der Waals surface area contributed by atoms with E-state index in [0.29, 0.717) is 12.2 Å². The second kappa shape index (κ2) is 11.5. The predicted octanol–water partition coefficient (Wildman–Crippen LogP) is 5.81. The number of hydrogen-bond donors (Lipinski definition) is 2. The van der Waals surface area contributed by atoms with E-state index in [0.717, 1.165) is 38.5 Å². The van der Waals surface area contributed by atoms with Gasteiger partial charge in [0.1, 0.15) is 6.61 Å². The fraction of sp³-hybridized carbons (Fsp3) is 0.500. The number of rotatable bonds is 9. The van der Waals surface area contributed by atoms with Crippen LogP contribution in [-0.2, 0) is 22.1 Å². The topological polar surface area (TPSA) is 50.4 Å². The highest BCUT2D eigenvalue weighted by atomic mass is 19.4. The number of hydrogen-bond acceptors (Lipinski definition) is 3. The number of nitrogens with one attached hydrogen (secondary N) is 2. The number of alkyl halides is 3. The van der Waals surface area contributed by atoms with Crippen molar-refractivity contribution in [2.75, 3.05) is 18.5 Å². The largest absolute Gasteiger partial charge is 0.416 e. The van der Waals surface area contributed by atoms with E-state index in [2.05, 4.69) is 41.8 Å². The zero-order chi connectivity index (χ0) is 23.8. The lowest BCUT2D eigenvalue weighted by atomic mass is 9.92. The van der Waals surface area contributed by atoms with Gasteiger partial charge in [0.25, 0.3) is 0 Å². The summed E-state index contributed by atoms with van der Waals surface area (Å²) in [5.74, 6) is -0.113. The van der Waals surface area contributed by atoms with Gasteiger partial charge in [0.2, 0.25) is 5.91 Å². The molecule has 4 nitrogen and oxygen atoms in total. The van der Waals surface area contributed by atoms with Crippen LogP contribution in [0.25, 0.3) is 0 Å². The highest BCUT2D eigenvalue weighted by Crippen LogP contribution is 2.34. The van der Waals surface area contributed by atoms with Crippen LogP contribution in [0.3, 0.4) is 0 Å². The summed E-state index contributed by atoms with van der Waals surface area (Å²) >= 11 is 0. The highest BCUT2D eigenvalue weighted by molar-refractivity contribution is 5.77. The van der Waals surface area contributed by atoms with Crippen molar-refractivity contribution < 1.29 is 22.7 Å². The molecule has 1 saturated carbocycles. The zero-order valence-electron chi connectivity index (χ0n) is 19.3. The predicted molar refractivity (Wildman–Crippen MR) is 124 cm³/mol. The summed E-state index contributed by atoms with van der Waals surface area (Å²) in [5, 5.41) is 6.12. The first-order valence-electron chi connectivity index (χ1n) is 11.6. The van der Waals surface area contributed by atoms with E-state index >= 15 is 0 Å². The van der Waals surface area contributed by atoms with Gasteiger partial charge in [0.15, 0.2) is 0 Å². The smallest absolute Gasteiger partial charge is 0.382 e. The van der Waals surface area contributed by atoms with Gasteiger partial charge in [0.05, 0.1) is 11.7 Å². The minimum absolute atomic E-state index is 0.00473. The van der Waals surface area contributed by atoms with Crippen LogP contribution in [-0.4, -0.2) is 31.2 Å². The fourth-order valence-corrected chi connectivity index (χ4v) is 4.15. The van der Waals surface area contributed by atoms with Crippen LogP contribution in [0, 0.1) is 13.8 Å². The molecule has 0 heterocycles. The average molecular weight is 463 g/mol. The van der Waals surface area contributed by atoms with Crippen molar-refractivity contribution in [2.45, 2.75) is 70.7 Å². The van der Waals surface area contributed by atoms with Crippen LogP contribution < -0.4 is 10.6 Å². The minimum atomic E-state index is -4.35. The molecule has 0 bridgehead atoms. The maximum Gasteiger partial charge on any atom is 0.416 e. The number of ether oxygens (including phenoxy) is 1. The molecule has 0 radical (unpaired) electrons. The summed E-state index contributed by atoms with van der Waals surface area (Å²) in [6, 6.07) is 12.9. The molecule has 0 atom stereocenters. The normalized spacial score (nSPS) is 18.7. The quantitative estimate of drug-likeness (QED) is 0.463. The molecule has 0 aliphatic heterocycles. The van der Waals surface area contributed by atoms with Crippen LogP contribution in [0.1, 0.15) is 54.4 Å². The fourth-order valence-electron chi connectivity index (χ4n) is 4.15. The second-order valence-corrected chi connectivity index (χ2v) is 8.90. The van der Waals surface area contributed by atoms with Crippen LogP contribution >= 0.6 is 0 Å². The Labute approximate surface area is 193 Å². The number of carbonyl (C=O) groups is 1. The van der Waals surface area contributed by atoms with Gasteiger partial charge < -0.3 is 15.4 Å². The molecule has 7 heteroatoms. The minimum Gasteiger partial charge on any atom is -0.382 e. The van der Waals surface area contributed by atoms with E-state index in [1.807, 2.05) is 0 Å². The third-order valence-corrected chi connectivity index (χ3v) is 6.12. The lowest BCUT2D eigenvalue weighted by Crippen LogP contribution is -2.34. The molecular formula is C26H33F3N2O2. The molecular weight excluding hydrogens is 429 g/mol. The molecule has 180 valence electrons. The number of benzene rings is 2. The summed E-state index contributed by atoms with van der Waals surface area (Å²) in [6.45, 7) is 4.18. The SMILES string of the molecule is Cc1ccc(CCCNC(=O)COC2CCC(Nc3ccc(C)c(C(F)(F)F)c3)CC2)cc1. The van der Waals surface area contributed by atoms with Crippen molar-refractivity contribution in [1.29, 1.82) is 0 Å². The van der Waals surface area contributed by atoms with E-state index in [4.69, 9.17) is 4.74 Å². The van der Waals surface area contributed by atoms with Gasteiger partial charge in [0, 0.05) is 18.3 Å². The second-order valence-electron chi connectivity index (χ2n) is 8.90. The van der Waals surface area contributed by atoms with Crippen molar-refractivity contribution >= 4 is 11.6 Å². The zero-order valence-corrected chi connectivity index (χ0v) is 19.3. The Kier molecular flexibility index (Phi) is 8.78. The van der Waals surface area contributed by atoms with E-state index in [-0.39, 0.29) is 30.2 Å². The monoisotopic (exact) mass is 462 g/mol. The van der Waals surface area contributed by atoms with Crippen LogP contribution in [0.2, 0.25) is 0 Å². The lowest BCUT2D eigenvalue weighted by molar-refractivity contribution is -0.138. The summed E-state index contributed by atoms with van der Waals surface area (Å²) in [6.07, 6.45) is 0.576. The standard InChI is InChI=1S/C26H33F3N2O2/c1-18-5-8-20(9-6-18)4-3-15-30-25(32)17-33-23-13-11-21(12-14-23)31-22-10-7-19(2)24(16-22)26(27,28)29/h5-10,16,21,23,31H,3-4,11-15,17H2,1-2H3,(H,30,32). The third kappa shape index (κ3) is 8.07. The number of anilines is 1. The van der Waals surface area contributed by atoms with Gasteiger partial charge in [-0.25, -0.2) is 0 Å². The number of aryl methyl sites for hydroxylation is 3.